The lowest BCUT2D eigenvalue weighted by molar-refractivity contribution is 0.545. The summed E-state index contributed by atoms with van der Waals surface area (Å²) < 4.78 is 0. The molecule has 3 heteroatoms. The number of hydrogen-bond donors (Lipinski definition) is 1. The summed E-state index contributed by atoms with van der Waals surface area (Å²) in [6.45, 7) is 13.0. The second-order valence-electron chi connectivity index (χ2n) is 6.63. The summed E-state index contributed by atoms with van der Waals surface area (Å²) in [7, 11) is 0. The Bertz CT molecular complexity index is 424. The Labute approximate surface area is 110 Å². The van der Waals surface area contributed by atoms with Gasteiger partial charge in [0.25, 0.3) is 0 Å². The molecule has 0 spiro atoms. The maximum absolute atomic E-state index is 4.71. The van der Waals surface area contributed by atoms with Crippen molar-refractivity contribution < 1.29 is 0 Å². The molecule has 1 aliphatic carbocycles. The maximum Gasteiger partial charge on any atom is 0.132 e. The SMILES string of the molecule is Cc1cc(CNCC(C)C)nc(C2CC2(C)C)n1. The van der Waals surface area contributed by atoms with Crippen LogP contribution in [0.5, 0.6) is 0 Å². The lowest BCUT2D eigenvalue weighted by Gasteiger charge is -2.09. The quantitative estimate of drug-likeness (QED) is 0.869. The molecule has 1 N–H and O–H groups in total. The predicted molar refractivity (Wildman–Crippen MR) is 74.5 cm³/mol. The van der Waals surface area contributed by atoms with E-state index in [-0.39, 0.29) is 0 Å². The highest BCUT2D eigenvalue weighted by Crippen LogP contribution is 2.57. The fourth-order valence-corrected chi connectivity index (χ4v) is 2.30. The van der Waals surface area contributed by atoms with Crippen LogP contribution < -0.4 is 5.32 Å². The maximum atomic E-state index is 4.71. The standard InChI is InChI=1S/C15H25N3/c1-10(2)8-16-9-12-6-11(3)17-14(18-12)13-7-15(13,4)5/h6,10,13,16H,7-9H2,1-5H3. The summed E-state index contributed by atoms with van der Waals surface area (Å²) in [6, 6.07) is 2.09. The molecule has 1 unspecified atom stereocenters. The van der Waals surface area contributed by atoms with Crippen molar-refractivity contribution in [1.82, 2.24) is 15.3 Å². The second kappa shape index (κ2) is 4.96. The average Bonchev–Trinajstić information content (AvgIpc) is 2.86. The van der Waals surface area contributed by atoms with Gasteiger partial charge in [-0.3, -0.25) is 0 Å². The smallest absolute Gasteiger partial charge is 0.132 e. The monoisotopic (exact) mass is 247 g/mol. The van der Waals surface area contributed by atoms with Crippen LogP contribution in [0.15, 0.2) is 6.07 Å². The largest absolute Gasteiger partial charge is 0.311 e. The molecule has 1 heterocycles. The highest BCUT2D eigenvalue weighted by molar-refractivity contribution is 5.20. The van der Waals surface area contributed by atoms with Gasteiger partial charge in [-0.05, 0) is 37.3 Å². The summed E-state index contributed by atoms with van der Waals surface area (Å²) in [4.78, 5) is 9.31. The Morgan fingerprint density at radius 1 is 1.39 bits per heavy atom. The van der Waals surface area contributed by atoms with E-state index in [4.69, 9.17) is 4.98 Å². The summed E-state index contributed by atoms with van der Waals surface area (Å²) >= 11 is 0. The minimum atomic E-state index is 0.399. The van der Waals surface area contributed by atoms with Crippen LogP contribution in [0.3, 0.4) is 0 Å². The third-order valence-electron chi connectivity index (χ3n) is 3.61. The first kappa shape index (κ1) is 13.5. The number of hydrogen-bond acceptors (Lipinski definition) is 3. The zero-order valence-corrected chi connectivity index (χ0v) is 12.2. The van der Waals surface area contributed by atoms with Gasteiger partial charge in [-0.1, -0.05) is 27.7 Å². The molecular weight excluding hydrogens is 222 g/mol. The van der Waals surface area contributed by atoms with Crippen molar-refractivity contribution in [2.75, 3.05) is 6.54 Å². The van der Waals surface area contributed by atoms with Crippen LogP contribution in [-0.4, -0.2) is 16.5 Å². The normalized spacial score (nSPS) is 21.3. The van der Waals surface area contributed by atoms with E-state index >= 15 is 0 Å². The topological polar surface area (TPSA) is 37.8 Å². The first-order chi connectivity index (χ1) is 8.38. The Hall–Kier alpha value is -0.960. The molecule has 0 bridgehead atoms. The Balaban J connectivity index is 2.03. The number of nitrogens with zero attached hydrogens (tertiary/aromatic N) is 2. The average molecular weight is 247 g/mol. The van der Waals surface area contributed by atoms with Crippen LogP contribution in [0.1, 0.15) is 57.2 Å². The number of nitrogens with one attached hydrogen (secondary N) is 1. The van der Waals surface area contributed by atoms with E-state index < -0.39 is 0 Å². The van der Waals surface area contributed by atoms with Crippen LogP contribution in [0.25, 0.3) is 0 Å². The van der Waals surface area contributed by atoms with Gasteiger partial charge in [0.1, 0.15) is 5.82 Å². The molecule has 1 fully saturated rings. The molecule has 1 saturated carbocycles. The van der Waals surface area contributed by atoms with Crippen molar-refractivity contribution in [1.29, 1.82) is 0 Å². The molecule has 18 heavy (non-hydrogen) atoms. The van der Waals surface area contributed by atoms with Crippen molar-refractivity contribution in [3.63, 3.8) is 0 Å². The second-order valence-corrected chi connectivity index (χ2v) is 6.63. The fraction of sp³-hybridized carbons (Fsp3) is 0.733. The third-order valence-corrected chi connectivity index (χ3v) is 3.61. The number of rotatable bonds is 5. The molecule has 0 radical (unpaired) electrons. The number of aromatic nitrogens is 2. The molecule has 0 aromatic carbocycles. The van der Waals surface area contributed by atoms with E-state index in [1.54, 1.807) is 0 Å². The summed E-state index contributed by atoms with van der Waals surface area (Å²) in [6.07, 6.45) is 1.22. The molecule has 1 atom stereocenters. The first-order valence-electron chi connectivity index (χ1n) is 6.93. The van der Waals surface area contributed by atoms with E-state index in [9.17, 15) is 0 Å². The van der Waals surface area contributed by atoms with E-state index in [0.717, 1.165) is 30.3 Å². The Morgan fingerprint density at radius 3 is 2.61 bits per heavy atom. The van der Waals surface area contributed by atoms with Crippen LogP contribution in [-0.2, 0) is 6.54 Å². The van der Waals surface area contributed by atoms with Crippen LogP contribution in [0.4, 0.5) is 0 Å². The molecule has 0 saturated heterocycles. The van der Waals surface area contributed by atoms with Gasteiger partial charge in [0.15, 0.2) is 0 Å². The van der Waals surface area contributed by atoms with Gasteiger partial charge in [-0.25, -0.2) is 9.97 Å². The molecule has 1 aromatic heterocycles. The highest BCUT2D eigenvalue weighted by atomic mass is 15.0. The van der Waals surface area contributed by atoms with Crippen LogP contribution in [0.2, 0.25) is 0 Å². The highest BCUT2D eigenvalue weighted by Gasteiger charge is 2.48. The van der Waals surface area contributed by atoms with E-state index in [1.165, 1.54) is 6.42 Å². The third kappa shape index (κ3) is 3.29. The lowest BCUT2D eigenvalue weighted by Crippen LogP contribution is -2.20. The molecule has 3 nitrogen and oxygen atoms in total. The van der Waals surface area contributed by atoms with E-state index in [2.05, 4.69) is 51.0 Å². The molecule has 1 aromatic rings. The fourth-order valence-electron chi connectivity index (χ4n) is 2.30. The molecule has 0 amide bonds. The van der Waals surface area contributed by atoms with Gasteiger partial charge in [-0.15, -0.1) is 0 Å². The molecule has 1 aliphatic rings. The predicted octanol–water partition coefficient (Wildman–Crippen LogP) is 3.04. The van der Waals surface area contributed by atoms with E-state index in [0.29, 0.717) is 17.3 Å². The van der Waals surface area contributed by atoms with Gasteiger partial charge in [0, 0.05) is 18.2 Å². The lowest BCUT2D eigenvalue weighted by atomic mass is 10.1. The van der Waals surface area contributed by atoms with Crippen molar-refractivity contribution in [2.45, 2.75) is 53.5 Å². The zero-order valence-electron chi connectivity index (χ0n) is 12.2. The minimum absolute atomic E-state index is 0.399. The zero-order chi connectivity index (χ0) is 13.3. The van der Waals surface area contributed by atoms with Gasteiger partial charge in [0.05, 0.1) is 5.69 Å². The van der Waals surface area contributed by atoms with Crippen molar-refractivity contribution >= 4 is 0 Å². The van der Waals surface area contributed by atoms with Crippen molar-refractivity contribution in [2.24, 2.45) is 11.3 Å². The van der Waals surface area contributed by atoms with Gasteiger partial charge < -0.3 is 5.32 Å². The van der Waals surface area contributed by atoms with E-state index in [1.807, 2.05) is 0 Å². The molecule has 100 valence electrons. The number of aryl methyl sites for hydroxylation is 1. The van der Waals surface area contributed by atoms with Crippen LogP contribution >= 0.6 is 0 Å². The Kier molecular flexibility index (Phi) is 3.71. The van der Waals surface area contributed by atoms with Gasteiger partial charge >= 0.3 is 0 Å². The molecule has 0 aliphatic heterocycles. The summed E-state index contributed by atoms with van der Waals surface area (Å²) in [5.41, 5.74) is 2.61. The molecule has 2 rings (SSSR count). The molecular formula is C15H25N3. The Morgan fingerprint density at radius 2 is 2.06 bits per heavy atom. The van der Waals surface area contributed by atoms with Crippen molar-refractivity contribution in [3.8, 4) is 0 Å². The van der Waals surface area contributed by atoms with Crippen molar-refractivity contribution in [3.05, 3.63) is 23.3 Å². The first-order valence-corrected chi connectivity index (χ1v) is 6.93. The summed E-state index contributed by atoms with van der Waals surface area (Å²) in [5.74, 6) is 2.28. The van der Waals surface area contributed by atoms with Gasteiger partial charge in [0.2, 0.25) is 0 Å². The minimum Gasteiger partial charge on any atom is -0.311 e. The van der Waals surface area contributed by atoms with Crippen LogP contribution in [0, 0.1) is 18.3 Å². The summed E-state index contributed by atoms with van der Waals surface area (Å²) in [5, 5.41) is 3.45. The van der Waals surface area contributed by atoms with Gasteiger partial charge in [-0.2, -0.15) is 0 Å².